The van der Waals surface area contributed by atoms with Gasteiger partial charge >= 0.3 is 0 Å². The Morgan fingerprint density at radius 1 is 1.08 bits per heavy atom. The zero-order valence-corrected chi connectivity index (χ0v) is 14.4. The number of nitrogens with one attached hydrogen (secondary N) is 2. The van der Waals surface area contributed by atoms with E-state index in [1.165, 1.54) is 12.4 Å². The van der Waals surface area contributed by atoms with Crippen LogP contribution < -0.4 is 10.6 Å². The van der Waals surface area contributed by atoms with Gasteiger partial charge in [0.2, 0.25) is 5.95 Å². The van der Waals surface area contributed by atoms with Crippen LogP contribution >= 0.6 is 23.2 Å². The summed E-state index contributed by atoms with van der Waals surface area (Å²) < 4.78 is 0. The van der Waals surface area contributed by atoms with Gasteiger partial charge in [0.1, 0.15) is 0 Å². The summed E-state index contributed by atoms with van der Waals surface area (Å²) in [6.07, 6.45) is 6.24. The minimum Gasteiger partial charge on any atom is -0.348 e. The summed E-state index contributed by atoms with van der Waals surface area (Å²) in [7, 11) is 0. The van der Waals surface area contributed by atoms with Crippen molar-refractivity contribution in [1.82, 2.24) is 20.3 Å². The number of anilines is 2. The summed E-state index contributed by atoms with van der Waals surface area (Å²) in [6.45, 7) is 0.380. The Labute approximate surface area is 154 Å². The van der Waals surface area contributed by atoms with Gasteiger partial charge < -0.3 is 10.6 Å². The molecule has 0 radical (unpaired) electrons. The standard InChI is InChI=1S/C17H13Cl2N5O/c18-13-3-4-14(19)15(6-13)24-17-22-9-12(10-23-17)16(25)21-8-11-2-1-5-20-7-11/h1-7,9-10H,8H2,(H,21,25)(H,22,23,24). The Kier molecular flexibility index (Phi) is 5.42. The highest BCUT2D eigenvalue weighted by molar-refractivity contribution is 6.35. The second-order valence-corrected chi connectivity index (χ2v) is 5.93. The van der Waals surface area contributed by atoms with Crippen molar-refractivity contribution in [2.45, 2.75) is 6.54 Å². The lowest BCUT2D eigenvalue weighted by atomic mass is 10.2. The largest absolute Gasteiger partial charge is 0.348 e. The normalized spacial score (nSPS) is 10.3. The van der Waals surface area contributed by atoms with Crippen molar-refractivity contribution < 1.29 is 4.79 Å². The number of halogens is 2. The van der Waals surface area contributed by atoms with E-state index in [1.54, 1.807) is 30.6 Å². The molecule has 126 valence electrons. The van der Waals surface area contributed by atoms with Crippen LogP contribution in [0.4, 0.5) is 11.6 Å². The second-order valence-electron chi connectivity index (χ2n) is 5.09. The van der Waals surface area contributed by atoms with Crippen LogP contribution in [0.3, 0.4) is 0 Å². The molecule has 25 heavy (non-hydrogen) atoms. The van der Waals surface area contributed by atoms with Crippen LogP contribution in [0.1, 0.15) is 15.9 Å². The third-order valence-electron chi connectivity index (χ3n) is 3.26. The minimum absolute atomic E-state index is 0.267. The van der Waals surface area contributed by atoms with E-state index in [9.17, 15) is 4.79 Å². The molecule has 3 aromatic rings. The van der Waals surface area contributed by atoms with Crippen LogP contribution in [0.25, 0.3) is 0 Å². The molecular formula is C17H13Cl2N5O. The number of carbonyl (C=O) groups is 1. The third kappa shape index (κ3) is 4.65. The first-order valence-corrected chi connectivity index (χ1v) is 8.08. The molecule has 0 saturated carbocycles. The number of rotatable bonds is 5. The Hall–Kier alpha value is -2.70. The van der Waals surface area contributed by atoms with Crippen molar-refractivity contribution in [3.8, 4) is 0 Å². The van der Waals surface area contributed by atoms with Crippen LogP contribution in [0.5, 0.6) is 0 Å². The fourth-order valence-corrected chi connectivity index (χ4v) is 2.35. The highest BCUT2D eigenvalue weighted by atomic mass is 35.5. The van der Waals surface area contributed by atoms with Gasteiger partial charge in [0.25, 0.3) is 5.91 Å². The number of aromatic nitrogens is 3. The van der Waals surface area contributed by atoms with Gasteiger partial charge in [0.15, 0.2) is 0 Å². The maximum Gasteiger partial charge on any atom is 0.254 e. The molecule has 6 nitrogen and oxygen atoms in total. The maximum atomic E-state index is 12.1. The summed E-state index contributed by atoms with van der Waals surface area (Å²) in [4.78, 5) is 24.4. The molecule has 0 aliphatic heterocycles. The minimum atomic E-state index is -0.267. The highest BCUT2D eigenvalue weighted by Gasteiger charge is 2.08. The molecule has 2 aromatic heterocycles. The lowest BCUT2D eigenvalue weighted by Crippen LogP contribution is -2.23. The summed E-state index contributed by atoms with van der Waals surface area (Å²) in [5.74, 6) is 0.0455. The third-order valence-corrected chi connectivity index (χ3v) is 3.83. The first-order chi connectivity index (χ1) is 12.1. The van der Waals surface area contributed by atoms with E-state index in [0.29, 0.717) is 33.8 Å². The molecule has 1 aromatic carbocycles. The first-order valence-electron chi connectivity index (χ1n) is 7.33. The van der Waals surface area contributed by atoms with E-state index >= 15 is 0 Å². The van der Waals surface area contributed by atoms with Crippen molar-refractivity contribution in [3.63, 3.8) is 0 Å². The quantitative estimate of drug-likeness (QED) is 0.709. The molecule has 2 N–H and O–H groups in total. The zero-order chi connectivity index (χ0) is 17.6. The number of amides is 1. The number of carbonyl (C=O) groups excluding carboxylic acids is 1. The van der Waals surface area contributed by atoms with Gasteiger partial charge in [-0.1, -0.05) is 29.3 Å². The maximum absolute atomic E-state index is 12.1. The fraction of sp³-hybridized carbons (Fsp3) is 0.0588. The number of hydrogen-bond acceptors (Lipinski definition) is 5. The van der Waals surface area contributed by atoms with E-state index in [1.807, 2.05) is 12.1 Å². The molecule has 8 heteroatoms. The van der Waals surface area contributed by atoms with Gasteiger partial charge in [0, 0.05) is 36.4 Å². The summed E-state index contributed by atoms with van der Waals surface area (Å²) >= 11 is 12.0. The van der Waals surface area contributed by atoms with Crippen molar-refractivity contribution in [2.75, 3.05) is 5.32 Å². The van der Waals surface area contributed by atoms with Crippen molar-refractivity contribution in [3.05, 3.63) is 76.3 Å². The summed E-state index contributed by atoms with van der Waals surface area (Å²) in [6, 6.07) is 8.72. The average Bonchev–Trinajstić information content (AvgIpc) is 2.64. The molecule has 0 aliphatic carbocycles. The molecular weight excluding hydrogens is 361 g/mol. The number of nitrogens with zero attached hydrogens (tertiary/aromatic N) is 3. The molecule has 3 rings (SSSR count). The van der Waals surface area contributed by atoms with Crippen molar-refractivity contribution in [2.24, 2.45) is 0 Å². The van der Waals surface area contributed by atoms with Crippen LogP contribution in [-0.4, -0.2) is 20.9 Å². The number of pyridine rings is 1. The average molecular weight is 374 g/mol. The predicted octanol–water partition coefficient (Wildman–Crippen LogP) is 3.85. The SMILES string of the molecule is O=C(NCc1cccnc1)c1cnc(Nc2cc(Cl)ccc2Cl)nc1. The monoisotopic (exact) mass is 373 g/mol. The predicted molar refractivity (Wildman–Crippen MR) is 97.2 cm³/mol. The molecule has 0 unspecified atom stereocenters. The van der Waals surface area contributed by atoms with Gasteiger partial charge in [0.05, 0.1) is 16.3 Å². The number of hydrogen-bond donors (Lipinski definition) is 2. The van der Waals surface area contributed by atoms with Gasteiger partial charge in [-0.3, -0.25) is 9.78 Å². The second kappa shape index (κ2) is 7.92. The molecule has 2 heterocycles. The Bertz CT molecular complexity index is 872. The van der Waals surface area contributed by atoms with E-state index < -0.39 is 0 Å². The van der Waals surface area contributed by atoms with E-state index in [4.69, 9.17) is 23.2 Å². The molecule has 0 bridgehead atoms. The zero-order valence-electron chi connectivity index (χ0n) is 12.9. The van der Waals surface area contributed by atoms with Crippen LogP contribution in [0, 0.1) is 0 Å². The van der Waals surface area contributed by atoms with Crippen molar-refractivity contribution >= 4 is 40.7 Å². The smallest absolute Gasteiger partial charge is 0.254 e. The lowest BCUT2D eigenvalue weighted by Gasteiger charge is -2.08. The first kappa shape index (κ1) is 17.1. The molecule has 1 amide bonds. The topological polar surface area (TPSA) is 79.8 Å². The van der Waals surface area contributed by atoms with E-state index in [2.05, 4.69) is 25.6 Å². The molecule has 0 atom stereocenters. The molecule has 0 saturated heterocycles. The Morgan fingerprint density at radius 2 is 1.88 bits per heavy atom. The van der Waals surface area contributed by atoms with Gasteiger partial charge in [-0.2, -0.15) is 0 Å². The summed E-state index contributed by atoms with van der Waals surface area (Å²) in [5, 5.41) is 6.77. The van der Waals surface area contributed by atoms with Crippen LogP contribution in [-0.2, 0) is 6.54 Å². The van der Waals surface area contributed by atoms with E-state index in [0.717, 1.165) is 5.56 Å². The summed E-state index contributed by atoms with van der Waals surface area (Å²) in [5.41, 5.74) is 1.85. The van der Waals surface area contributed by atoms with Gasteiger partial charge in [-0.25, -0.2) is 9.97 Å². The lowest BCUT2D eigenvalue weighted by molar-refractivity contribution is 0.0950. The Balaban J connectivity index is 1.63. The molecule has 0 fully saturated rings. The van der Waals surface area contributed by atoms with Crippen molar-refractivity contribution in [1.29, 1.82) is 0 Å². The fourth-order valence-electron chi connectivity index (χ4n) is 2.01. The van der Waals surface area contributed by atoms with Crippen LogP contribution in [0.15, 0.2) is 55.1 Å². The highest BCUT2D eigenvalue weighted by Crippen LogP contribution is 2.27. The van der Waals surface area contributed by atoms with E-state index in [-0.39, 0.29) is 5.91 Å². The van der Waals surface area contributed by atoms with Gasteiger partial charge in [-0.05, 0) is 29.8 Å². The van der Waals surface area contributed by atoms with Crippen LogP contribution in [0.2, 0.25) is 10.0 Å². The molecule has 0 aliphatic rings. The Morgan fingerprint density at radius 3 is 2.60 bits per heavy atom. The molecule has 0 spiro atoms. The number of benzene rings is 1. The van der Waals surface area contributed by atoms with Gasteiger partial charge in [-0.15, -0.1) is 0 Å².